The van der Waals surface area contributed by atoms with Crippen molar-refractivity contribution in [3.05, 3.63) is 64.4 Å². The Morgan fingerprint density at radius 3 is 2.52 bits per heavy atom. The Balaban J connectivity index is 2.08. The number of methoxy groups -OCH3 is 1. The highest BCUT2D eigenvalue weighted by atomic mass is 35.5. The Bertz CT molecular complexity index is 1150. The van der Waals surface area contributed by atoms with E-state index in [1.54, 1.807) is 0 Å². The van der Waals surface area contributed by atoms with Gasteiger partial charge in [0.2, 0.25) is 15.9 Å². The van der Waals surface area contributed by atoms with Crippen LogP contribution >= 0.6 is 11.6 Å². The van der Waals surface area contributed by atoms with Crippen molar-refractivity contribution in [2.45, 2.75) is 44.2 Å². The maximum atomic E-state index is 14.9. The van der Waals surface area contributed by atoms with E-state index in [0.717, 1.165) is 10.4 Å². The third kappa shape index (κ3) is 5.72. The van der Waals surface area contributed by atoms with Gasteiger partial charge in [-0.2, -0.15) is 4.31 Å². The minimum atomic E-state index is -4.21. The highest BCUT2D eigenvalue weighted by Gasteiger charge is 2.41. The number of hydrogen-bond donors (Lipinski definition) is 1. The number of amides is 1. The summed E-state index contributed by atoms with van der Waals surface area (Å²) in [5, 5.41) is 3.13. The van der Waals surface area contributed by atoms with Gasteiger partial charge in [0.25, 0.3) is 0 Å². The van der Waals surface area contributed by atoms with Crippen LogP contribution in [0, 0.1) is 11.2 Å². The van der Waals surface area contributed by atoms with E-state index in [1.807, 2.05) is 13.8 Å². The molecule has 0 spiro atoms. The molecule has 1 heterocycles. The molecular weight excluding hydrogens is 471 g/mol. The van der Waals surface area contributed by atoms with Gasteiger partial charge in [0, 0.05) is 23.7 Å². The fourth-order valence-corrected chi connectivity index (χ4v) is 5.48. The van der Waals surface area contributed by atoms with E-state index in [0.29, 0.717) is 18.0 Å². The summed E-state index contributed by atoms with van der Waals surface area (Å²) in [6.07, 6.45) is 0.930. The summed E-state index contributed by atoms with van der Waals surface area (Å²) < 4.78 is 47.8. The molecule has 1 fully saturated rings. The van der Waals surface area contributed by atoms with Gasteiger partial charge in [-0.3, -0.25) is 4.79 Å². The lowest BCUT2D eigenvalue weighted by Gasteiger charge is -2.33. The molecule has 33 heavy (non-hydrogen) atoms. The van der Waals surface area contributed by atoms with Gasteiger partial charge in [-0.15, -0.1) is 0 Å². The molecule has 1 aliphatic heterocycles. The predicted molar refractivity (Wildman–Crippen MR) is 122 cm³/mol. The highest BCUT2D eigenvalue weighted by Crippen LogP contribution is 2.34. The SMILES string of the molecule is COC(=O)c1ccc(CN(C2CC(C)(C)CCNC2=O)S(=O)(=O)c2ccc(Cl)cc2)c(F)c1. The van der Waals surface area contributed by atoms with Gasteiger partial charge in [0.15, 0.2) is 0 Å². The summed E-state index contributed by atoms with van der Waals surface area (Å²) in [6.45, 7) is 3.93. The summed E-state index contributed by atoms with van der Waals surface area (Å²) in [5.74, 6) is -1.93. The summed E-state index contributed by atoms with van der Waals surface area (Å²) in [7, 11) is -3.03. The van der Waals surface area contributed by atoms with Crippen LogP contribution in [0.2, 0.25) is 5.02 Å². The van der Waals surface area contributed by atoms with Crippen molar-refractivity contribution < 1.29 is 27.1 Å². The molecule has 0 aliphatic carbocycles. The molecule has 1 amide bonds. The lowest BCUT2D eigenvalue weighted by atomic mass is 9.83. The Hall–Kier alpha value is -2.49. The van der Waals surface area contributed by atoms with Gasteiger partial charge in [0.05, 0.1) is 17.6 Å². The van der Waals surface area contributed by atoms with Crippen LogP contribution in [-0.4, -0.2) is 44.3 Å². The number of hydrogen-bond acceptors (Lipinski definition) is 5. The van der Waals surface area contributed by atoms with Crippen LogP contribution in [0.1, 0.15) is 42.6 Å². The third-order valence-corrected chi connectivity index (χ3v) is 7.84. The van der Waals surface area contributed by atoms with Crippen LogP contribution in [-0.2, 0) is 26.1 Å². The van der Waals surface area contributed by atoms with Crippen LogP contribution in [0.3, 0.4) is 0 Å². The zero-order chi connectivity index (χ0) is 24.4. The number of halogens is 2. The summed E-state index contributed by atoms with van der Waals surface area (Å²) in [5.41, 5.74) is -0.306. The van der Waals surface area contributed by atoms with Crippen LogP contribution in [0.15, 0.2) is 47.4 Å². The molecule has 7 nitrogen and oxygen atoms in total. The monoisotopic (exact) mass is 496 g/mol. The second-order valence-corrected chi connectivity index (χ2v) is 11.1. The van der Waals surface area contributed by atoms with E-state index in [9.17, 15) is 22.4 Å². The molecule has 3 rings (SSSR count). The van der Waals surface area contributed by atoms with E-state index in [-0.39, 0.29) is 27.9 Å². The van der Waals surface area contributed by atoms with Gasteiger partial charge < -0.3 is 10.1 Å². The number of nitrogens with one attached hydrogen (secondary N) is 1. The number of carbonyl (C=O) groups excluding carboxylic acids is 2. The van der Waals surface area contributed by atoms with Crippen molar-refractivity contribution in [3.8, 4) is 0 Å². The maximum Gasteiger partial charge on any atom is 0.337 e. The first kappa shape index (κ1) is 25.1. The predicted octanol–water partition coefficient (Wildman–Crippen LogP) is 3.76. The number of ether oxygens (including phenoxy) is 1. The fraction of sp³-hybridized carbons (Fsp3) is 0.391. The molecule has 1 atom stereocenters. The molecule has 178 valence electrons. The van der Waals surface area contributed by atoms with Gasteiger partial charge in [0.1, 0.15) is 11.9 Å². The van der Waals surface area contributed by atoms with Gasteiger partial charge in [-0.25, -0.2) is 17.6 Å². The second-order valence-electron chi connectivity index (χ2n) is 8.73. The average molecular weight is 497 g/mol. The molecule has 1 unspecified atom stereocenters. The first-order valence-corrected chi connectivity index (χ1v) is 12.2. The normalized spacial score (nSPS) is 18.5. The lowest BCUT2D eigenvalue weighted by Crippen LogP contribution is -2.49. The second kappa shape index (κ2) is 9.79. The van der Waals surface area contributed by atoms with Crippen molar-refractivity contribution in [1.82, 2.24) is 9.62 Å². The topological polar surface area (TPSA) is 92.8 Å². The highest BCUT2D eigenvalue weighted by molar-refractivity contribution is 7.89. The maximum absolute atomic E-state index is 14.9. The van der Waals surface area contributed by atoms with E-state index in [2.05, 4.69) is 10.1 Å². The number of benzene rings is 2. The third-order valence-electron chi connectivity index (χ3n) is 5.72. The average Bonchev–Trinajstić information content (AvgIpc) is 2.89. The van der Waals surface area contributed by atoms with Crippen molar-refractivity contribution in [1.29, 1.82) is 0 Å². The summed E-state index contributed by atoms with van der Waals surface area (Å²) >= 11 is 5.92. The number of sulfonamides is 1. The molecule has 10 heteroatoms. The van der Waals surface area contributed by atoms with E-state index in [1.165, 1.54) is 43.5 Å². The van der Waals surface area contributed by atoms with E-state index < -0.39 is 40.3 Å². The Labute approximate surface area is 197 Å². The molecular formula is C23H26ClFN2O5S. The Morgan fingerprint density at radius 1 is 1.24 bits per heavy atom. The largest absolute Gasteiger partial charge is 0.465 e. The van der Waals surface area contributed by atoms with Crippen molar-refractivity contribution >= 4 is 33.5 Å². The Morgan fingerprint density at radius 2 is 1.91 bits per heavy atom. The molecule has 0 radical (unpaired) electrons. The zero-order valence-electron chi connectivity index (χ0n) is 18.6. The fourth-order valence-electron chi connectivity index (χ4n) is 3.79. The quantitative estimate of drug-likeness (QED) is 0.615. The summed E-state index contributed by atoms with van der Waals surface area (Å²) in [6, 6.07) is 8.20. The van der Waals surface area contributed by atoms with Gasteiger partial charge >= 0.3 is 5.97 Å². The number of rotatable bonds is 6. The smallest absolute Gasteiger partial charge is 0.337 e. The molecule has 1 aliphatic rings. The van der Waals surface area contributed by atoms with Gasteiger partial charge in [-0.05, 0) is 54.7 Å². The van der Waals surface area contributed by atoms with E-state index >= 15 is 0 Å². The number of nitrogens with zero attached hydrogens (tertiary/aromatic N) is 1. The standard InChI is InChI=1S/C23H26ClFN2O5S/c1-23(2)10-11-26-21(28)20(13-23)27(33(30,31)18-8-6-17(24)7-9-18)14-16-5-4-15(12-19(16)25)22(29)32-3/h4-9,12,20H,10-11,13-14H2,1-3H3,(H,26,28). The molecule has 0 aromatic heterocycles. The lowest BCUT2D eigenvalue weighted by molar-refractivity contribution is -0.125. The van der Waals surface area contributed by atoms with Crippen LogP contribution < -0.4 is 5.32 Å². The number of esters is 1. The molecule has 0 saturated carbocycles. The molecule has 0 bridgehead atoms. The van der Waals surface area contributed by atoms with Crippen LogP contribution in [0.25, 0.3) is 0 Å². The minimum absolute atomic E-state index is 0.000740. The molecule has 1 N–H and O–H groups in total. The molecule has 2 aromatic carbocycles. The minimum Gasteiger partial charge on any atom is -0.465 e. The van der Waals surface area contributed by atoms with Crippen molar-refractivity contribution in [2.75, 3.05) is 13.7 Å². The zero-order valence-corrected chi connectivity index (χ0v) is 20.2. The van der Waals surface area contributed by atoms with E-state index in [4.69, 9.17) is 11.6 Å². The Kier molecular flexibility index (Phi) is 7.45. The molecule has 2 aromatic rings. The molecule has 1 saturated heterocycles. The van der Waals surface area contributed by atoms with Crippen molar-refractivity contribution in [2.24, 2.45) is 5.41 Å². The van der Waals surface area contributed by atoms with Gasteiger partial charge in [-0.1, -0.05) is 31.5 Å². The number of carbonyl (C=O) groups is 2. The van der Waals surface area contributed by atoms with Crippen LogP contribution in [0.5, 0.6) is 0 Å². The van der Waals surface area contributed by atoms with Crippen LogP contribution in [0.4, 0.5) is 4.39 Å². The first-order valence-electron chi connectivity index (χ1n) is 10.4. The summed E-state index contributed by atoms with van der Waals surface area (Å²) in [4.78, 5) is 24.6. The van der Waals surface area contributed by atoms with Crippen molar-refractivity contribution in [3.63, 3.8) is 0 Å². The first-order chi connectivity index (χ1) is 15.4.